The number of aryl methyl sites for hydroxylation is 2. The van der Waals surface area contributed by atoms with Gasteiger partial charge in [-0.15, -0.1) is 0 Å². The van der Waals surface area contributed by atoms with Crippen molar-refractivity contribution in [3.05, 3.63) is 52.2 Å². The maximum Gasteiger partial charge on any atom is 0.319 e. The normalized spacial score (nSPS) is 18.2. The molecule has 2 amide bonds. The van der Waals surface area contributed by atoms with Gasteiger partial charge in [0.1, 0.15) is 11.6 Å². The average molecular weight is 452 g/mol. The number of pyridine rings is 2. The number of rotatable bonds is 4. The maximum atomic E-state index is 14.7. The Morgan fingerprint density at radius 1 is 1.15 bits per heavy atom. The molecule has 0 saturated heterocycles. The zero-order valence-electron chi connectivity index (χ0n) is 19.5. The molecule has 0 radical (unpaired) electrons. The highest BCUT2D eigenvalue weighted by Gasteiger charge is 2.23. The van der Waals surface area contributed by atoms with Crippen LogP contribution < -0.4 is 21.5 Å². The van der Waals surface area contributed by atoms with Gasteiger partial charge in [0.15, 0.2) is 0 Å². The molecule has 0 bridgehead atoms. The highest BCUT2D eigenvalue weighted by molar-refractivity contribution is 5.91. The van der Waals surface area contributed by atoms with E-state index < -0.39 is 11.8 Å². The predicted molar refractivity (Wildman–Crippen MR) is 130 cm³/mol. The van der Waals surface area contributed by atoms with Crippen LogP contribution in [0.25, 0.3) is 22.0 Å². The number of hydrogen-bond acceptors (Lipinski definition) is 4. The van der Waals surface area contributed by atoms with E-state index in [1.807, 2.05) is 6.07 Å². The second kappa shape index (κ2) is 9.21. The number of hydrogen-bond donors (Lipinski definition) is 3. The van der Waals surface area contributed by atoms with E-state index in [0.717, 1.165) is 30.2 Å². The number of nitrogens with zero attached hydrogens (tertiary/aromatic N) is 2. The van der Waals surface area contributed by atoms with Crippen molar-refractivity contribution in [3.63, 3.8) is 0 Å². The molecule has 3 aromatic rings. The van der Waals surface area contributed by atoms with Gasteiger partial charge >= 0.3 is 6.03 Å². The van der Waals surface area contributed by atoms with Crippen LogP contribution in [0, 0.1) is 18.7 Å². The summed E-state index contributed by atoms with van der Waals surface area (Å²) in [5.74, 6) is 0.509. The lowest BCUT2D eigenvalue weighted by Gasteiger charge is -2.29. The molecule has 0 spiro atoms. The zero-order chi connectivity index (χ0) is 23.7. The quantitative estimate of drug-likeness (QED) is 0.532. The van der Waals surface area contributed by atoms with Crippen LogP contribution in [-0.4, -0.2) is 28.7 Å². The number of benzene rings is 1. The summed E-state index contributed by atoms with van der Waals surface area (Å²) < 4.78 is 16.3. The fourth-order valence-corrected chi connectivity index (χ4v) is 4.61. The first kappa shape index (κ1) is 22.8. The Morgan fingerprint density at radius 3 is 2.64 bits per heavy atom. The third-order valence-electron chi connectivity index (χ3n) is 6.64. The fourth-order valence-electron chi connectivity index (χ4n) is 4.61. The summed E-state index contributed by atoms with van der Waals surface area (Å²) in [5, 5.41) is 9.38. The molecule has 2 heterocycles. The molecule has 174 valence electrons. The van der Waals surface area contributed by atoms with Gasteiger partial charge in [-0.2, -0.15) is 0 Å². The minimum Gasteiger partial charge on any atom is -0.373 e. The molecule has 8 heteroatoms. The summed E-state index contributed by atoms with van der Waals surface area (Å²) >= 11 is 0. The first-order chi connectivity index (χ1) is 15.8. The van der Waals surface area contributed by atoms with Gasteiger partial charge in [0.2, 0.25) is 0 Å². The van der Waals surface area contributed by atoms with E-state index in [1.165, 1.54) is 18.6 Å². The number of anilines is 2. The number of amides is 2. The molecule has 1 aliphatic carbocycles. The van der Waals surface area contributed by atoms with Crippen LogP contribution in [0.15, 0.2) is 35.3 Å². The number of halogens is 1. The summed E-state index contributed by atoms with van der Waals surface area (Å²) in [7, 11) is 3.46. The van der Waals surface area contributed by atoms with E-state index >= 15 is 0 Å². The Hall–Kier alpha value is -3.42. The zero-order valence-corrected chi connectivity index (χ0v) is 19.5. The first-order valence-corrected chi connectivity index (χ1v) is 11.3. The topological polar surface area (TPSA) is 88.1 Å². The lowest BCUT2D eigenvalue weighted by Crippen LogP contribution is -2.43. The molecule has 1 fully saturated rings. The number of fused-ring (bicyclic) bond motifs is 1. The molecule has 3 N–H and O–H groups in total. The van der Waals surface area contributed by atoms with Gasteiger partial charge in [0.25, 0.3) is 5.56 Å². The number of aromatic nitrogens is 2. The highest BCUT2D eigenvalue weighted by atomic mass is 19.1. The lowest BCUT2D eigenvalue weighted by atomic mass is 9.86. The molecule has 2 aromatic heterocycles. The Bertz CT molecular complexity index is 1270. The standard InChI is InChI=1S/C25H30FN5O2/c1-14-7-5-6-8-20(14)29-25(33)30-21-11-17(15(2)9-19(21)26)18-10-16-13-28-23(27-3)12-22(16)31(4)24(18)32/h9-14,20H,5-8H2,1-4H3,(H,27,28)(H2,29,30,33)/t14-,20-/m0/s1. The highest BCUT2D eigenvalue weighted by Crippen LogP contribution is 2.29. The largest absolute Gasteiger partial charge is 0.373 e. The van der Waals surface area contributed by atoms with E-state index in [0.29, 0.717) is 28.4 Å². The van der Waals surface area contributed by atoms with E-state index in [4.69, 9.17) is 0 Å². The van der Waals surface area contributed by atoms with Crippen molar-refractivity contribution in [2.45, 2.75) is 45.6 Å². The van der Waals surface area contributed by atoms with Gasteiger partial charge in [-0.3, -0.25) is 4.79 Å². The van der Waals surface area contributed by atoms with Crippen LogP contribution in [-0.2, 0) is 7.05 Å². The molecule has 0 aliphatic heterocycles. The third kappa shape index (κ3) is 4.55. The number of urea groups is 1. The molecule has 1 saturated carbocycles. The van der Waals surface area contributed by atoms with Crippen LogP contribution >= 0.6 is 0 Å². The fraction of sp³-hybridized carbons (Fsp3) is 0.400. The van der Waals surface area contributed by atoms with Gasteiger partial charge in [0, 0.05) is 43.4 Å². The van der Waals surface area contributed by atoms with Crippen LogP contribution in [0.2, 0.25) is 0 Å². The van der Waals surface area contributed by atoms with Crippen molar-refractivity contribution in [1.29, 1.82) is 0 Å². The van der Waals surface area contributed by atoms with Crippen molar-refractivity contribution in [2.24, 2.45) is 13.0 Å². The SMILES string of the molecule is CNc1cc2c(cn1)cc(-c1cc(NC(=O)N[C@H]3CCCC[C@@H]3C)c(F)cc1C)c(=O)n2C. The van der Waals surface area contributed by atoms with E-state index in [-0.39, 0.29) is 17.3 Å². The first-order valence-electron chi connectivity index (χ1n) is 11.3. The van der Waals surface area contributed by atoms with Crippen molar-refractivity contribution in [3.8, 4) is 11.1 Å². The van der Waals surface area contributed by atoms with Crippen LogP contribution in [0.5, 0.6) is 0 Å². The number of nitrogens with one attached hydrogen (secondary N) is 3. The molecule has 1 aliphatic rings. The van der Waals surface area contributed by atoms with Crippen LogP contribution in [0.4, 0.5) is 20.7 Å². The summed E-state index contributed by atoms with van der Waals surface area (Å²) in [5.41, 5.74) is 2.17. The summed E-state index contributed by atoms with van der Waals surface area (Å²) in [6.07, 6.45) is 5.94. The lowest BCUT2D eigenvalue weighted by molar-refractivity contribution is 0.232. The Kier molecular flexibility index (Phi) is 6.35. The van der Waals surface area contributed by atoms with Gasteiger partial charge in [-0.1, -0.05) is 19.8 Å². The molecule has 1 aromatic carbocycles. The predicted octanol–water partition coefficient (Wildman–Crippen LogP) is 4.79. The van der Waals surface area contributed by atoms with Crippen molar-refractivity contribution >= 4 is 28.4 Å². The van der Waals surface area contributed by atoms with E-state index in [9.17, 15) is 14.0 Å². The van der Waals surface area contributed by atoms with Gasteiger partial charge < -0.3 is 20.5 Å². The molecule has 0 unspecified atom stereocenters. The van der Waals surface area contributed by atoms with Crippen molar-refractivity contribution in [2.75, 3.05) is 17.7 Å². The van der Waals surface area contributed by atoms with Gasteiger partial charge in [0.05, 0.1) is 11.2 Å². The molecular formula is C25H30FN5O2. The van der Waals surface area contributed by atoms with Crippen LogP contribution in [0.1, 0.15) is 38.2 Å². The number of carbonyl (C=O) groups is 1. The van der Waals surface area contributed by atoms with Crippen LogP contribution in [0.3, 0.4) is 0 Å². The van der Waals surface area contributed by atoms with E-state index in [1.54, 1.807) is 37.8 Å². The second-order valence-electron chi connectivity index (χ2n) is 8.91. The van der Waals surface area contributed by atoms with Crippen molar-refractivity contribution in [1.82, 2.24) is 14.9 Å². The summed E-state index contributed by atoms with van der Waals surface area (Å²) in [6, 6.07) is 6.10. The molecule has 33 heavy (non-hydrogen) atoms. The second-order valence-corrected chi connectivity index (χ2v) is 8.91. The average Bonchev–Trinajstić information content (AvgIpc) is 2.79. The number of carbonyl (C=O) groups excluding carboxylic acids is 1. The maximum absolute atomic E-state index is 14.7. The van der Waals surface area contributed by atoms with Gasteiger partial charge in [-0.05, 0) is 55.0 Å². The Labute approximate surface area is 192 Å². The minimum atomic E-state index is -0.541. The molecular weight excluding hydrogens is 421 g/mol. The Morgan fingerprint density at radius 2 is 1.91 bits per heavy atom. The Balaban J connectivity index is 1.68. The van der Waals surface area contributed by atoms with E-state index in [2.05, 4.69) is 27.9 Å². The molecule has 2 atom stereocenters. The molecule has 4 rings (SSSR count). The minimum absolute atomic E-state index is 0.0439. The van der Waals surface area contributed by atoms with Gasteiger partial charge in [-0.25, -0.2) is 14.2 Å². The van der Waals surface area contributed by atoms with Crippen molar-refractivity contribution < 1.29 is 9.18 Å². The summed E-state index contributed by atoms with van der Waals surface area (Å²) in [6.45, 7) is 3.87. The third-order valence-corrected chi connectivity index (χ3v) is 6.64. The summed E-state index contributed by atoms with van der Waals surface area (Å²) in [4.78, 5) is 30.1. The molecule has 7 nitrogen and oxygen atoms in total. The monoisotopic (exact) mass is 451 g/mol. The smallest absolute Gasteiger partial charge is 0.319 e.